The number of rotatable bonds is 3. The van der Waals surface area contributed by atoms with Crippen LogP contribution in [-0.2, 0) is 12.0 Å². The zero-order valence-corrected chi connectivity index (χ0v) is 13.5. The standard InChI is InChI=1S/C15H26N2S/c1-13(2,3)10-9-18-11(17-10)8-16-12-14(4,5)15(12,6)7/h9,12,16H,8H2,1-7H3. The number of nitrogens with one attached hydrogen (secondary N) is 1. The van der Waals surface area contributed by atoms with Gasteiger partial charge in [0.25, 0.3) is 0 Å². The van der Waals surface area contributed by atoms with E-state index in [9.17, 15) is 0 Å². The average Bonchev–Trinajstić information content (AvgIpc) is 2.58. The summed E-state index contributed by atoms with van der Waals surface area (Å²) < 4.78 is 0. The lowest BCUT2D eigenvalue weighted by molar-refractivity contribution is 0.457. The number of hydrogen-bond donors (Lipinski definition) is 1. The van der Waals surface area contributed by atoms with Crippen LogP contribution in [0.1, 0.15) is 59.2 Å². The van der Waals surface area contributed by atoms with Gasteiger partial charge >= 0.3 is 0 Å². The molecule has 0 saturated heterocycles. The predicted molar refractivity (Wildman–Crippen MR) is 79.0 cm³/mol. The molecule has 1 aromatic rings. The van der Waals surface area contributed by atoms with Crippen LogP contribution in [0.15, 0.2) is 5.38 Å². The first kappa shape index (κ1) is 14.0. The molecule has 0 aromatic carbocycles. The summed E-state index contributed by atoms with van der Waals surface area (Å²) in [5.41, 5.74) is 2.17. The van der Waals surface area contributed by atoms with Gasteiger partial charge in [-0.15, -0.1) is 11.3 Å². The molecule has 0 unspecified atom stereocenters. The monoisotopic (exact) mass is 266 g/mol. The maximum Gasteiger partial charge on any atom is 0.107 e. The van der Waals surface area contributed by atoms with Gasteiger partial charge in [-0.3, -0.25) is 0 Å². The van der Waals surface area contributed by atoms with Crippen molar-refractivity contribution in [2.24, 2.45) is 10.8 Å². The zero-order valence-electron chi connectivity index (χ0n) is 12.7. The van der Waals surface area contributed by atoms with Crippen molar-refractivity contribution in [3.8, 4) is 0 Å². The molecular formula is C15H26N2S. The molecule has 18 heavy (non-hydrogen) atoms. The number of thiazole rings is 1. The SMILES string of the molecule is CC(C)(C)c1csc(CNC2C(C)(C)C2(C)C)n1. The number of aromatic nitrogens is 1. The Kier molecular flexibility index (Phi) is 3.14. The summed E-state index contributed by atoms with van der Waals surface area (Å²) in [5, 5.41) is 7.07. The molecular weight excluding hydrogens is 240 g/mol. The molecule has 0 atom stereocenters. The number of hydrogen-bond acceptors (Lipinski definition) is 3. The van der Waals surface area contributed by atoms with E-state index in [2.05, 4.69) is 59.2 Å². The van der Waals surface area contributed by atoms with Crippen LogP contribution in [0.5, 0.6) is 0 Å². The predicted octanol–water partition coefficient (Wildman–Crippen LogP) is 3.96. The average molecular weight is 266 g/mol. The van der Waals surface area contributed by atoms with Gasteiger partial charge in [0, 0.05) is 23.4 Å². The van der Waals surface area contributed by atoms with Crippen molar-refractivity contribution in [2.75, 3.05) is 0 Å². The minimum absolute atomic E-state index is 0.160. The van der Waals surface area contributed by atoms with Gasteiger partial charge in [-0.1, -0.05) is 48.5 Å². The normalized spacial score (nSPS) is 22.2. The van der Waals surface area contributed by atoms with E-state index in [4.69, 9.17) is 4.98 Å². The van der Waals surface area contributed by atoms with Crippen molar-refractivity contribution in [3.05, 3.63) is 16.1 Å². The Balaban J connectivity index is 1.95. The Morgan fingerprint density at radius 3 is 2.17 bits per heavy atom. The second-order valence-electron chi connectivity index (χ2n) is 7.63. The summed E-state index contributed by atoms with van der Waals surface area (Å²) in [7, 11) is 0. The van der Waals surface area contributed by atoms with E-state index < -0.39 is 0 Å². The quantitative estimate of drug-likeness (QED) is 0.895. The summed E-state index contributed by atoms with van der Waals surface area (Å²) in [6.45, 7) is 16.9. The third-order valence-electron chi connectivity index (χ3n) is 4.80. The van der Waals surface area contributed by atoms with Gasteiger partial charge in [-0.05, 0) is 10.8 Å². The highest BCUT2D eigenvalue weighted by Crippen LogP contribution is 2.62. The maximum absolute atomic E-state index is 4.73. The highest BCUT2D eigenvalue weighted by atomic mass is 32.1. The summed E-state index contributed by atoms with van der Waals surface area (Å²) in [4.78, 5) is 4.73. The molecule has 2 rings (SSSR count). The van der Waals surface area contributed by atoms with E-state index in [-0.39, 0.29) is 5.41 Å². The fourth-order valence-electron chi connectivity index (χ4n) is 2.63. The topological polar surface area (TPSA) is 24.9 Å². The first-order valence-corrected chi connectivity index (χ1v) is 7.63. The molecule has 0 bridgehead atoms. The third-order valence-corrected chi connectivity index (χ3v) is 5.65. The van der Waals surface area contributed by atoms with E-state index in [1.807, 2.05) is 0 Å². The molecule has 1 aliphatic carbocycles. The van der Waals surface area contributed by atoms with E-state index in [0.29, 0.717) is 16.9 Å². The van der Waals surface area contributed by atoms with Crippen LogP contribution in [0.4, 0.5) is 0 Å². The fraction of sp³-hybridized carbons (Fsp3) is 0.800. The van der Waals surface area contributed by atoms with Gasteiger partial charge in [0.1, 0.15) is 5.01 Å². The second-order valence-corrected chi connectivity index (χ2v) is 8.58. The van der Waals surface area contributed by atoms with Crippen LogP contribution in [0.2, 0.25) is 0 Å². The third kappa shape index (κ3) is 2.23. The maximum atomic E-state index is 4.73. The van der Waals surface area contributed by atoms with Gasteiger partial charge in [0.2, 0.25) is 0 Å². The molecule has 0 spiro atoms. The first-order valence-electron chi connectivity index (χ1n) is 6.75. The lowest BCUT2D eigenvalue weighted by atomic mass is 9.93. The highest BCUT2D eigenvalue weighted by molar-refractivity contribution is 7.09. The minimum atomic E-state index is 0.160. The fourth-order valence-corrected chi connectivity index (χ4v) is 3.60. The molecule has 3 heteroatoms. The van der Waals surface area contributed by atoms with Crippen molar-refractivity contribution in [3.63, 3.8) is 0 Å². The largest absolute Gasteiger partial charge is 0.307 e. The van der Waals surface area contributed by atoms with Crippen molar-refractivity contribution >= 4 is 11.3 Å². The van der Waals surface area contributed by atoms with Crippen molar-refractivity contribution in [1.82, 2.24) is 10.3 Å². The van der Waals surface area contributed by atoms with E-state index in [0.717, 1.165) is 6.54 Å². The molecule has 0 aliphatic heterocycles. The molecule has 0 amide bonds. The lowest BCUT2D eigenvalue weighted by Crippen LogP contribution is -2.22. The van der Waals surface area contributed by atoms with Crippen molar-refractivity contribution in [2.45, 2.75) is 66.5 Å². The van der Waals surface area contributed by atoms with Gasteiger partial charge in [-0.25, -0.2) is 4.98 Å². The van der Waals surface area contributed by atoms with Gasteiger partial charge in [-0.2, -0.15) is 0 Å². The second kappa shape index (κ2) is 4.04. The molecule has 1 saturated carbocycles. The zero-order chi connectivity index (χ0) is 13.8. The molecule has 102 valence electrons. The molecule has 1 N–H and O–H groups in total. The summed E-state index contributed by atoms with van der Waals surface area (Å²) in [5.74, 6) is 0. The Labute approximate surface area is 115 Å². The Bertz CT molecular complexity index is 424. The highest BCUT2D eigenvalue weighted by Gasteiger charge is 2.64. The molecule has 1 aliphatic rings. The Morgan fingerprint density at radius 1 is 1.22 bits per heavy atom. The van der Waals surface area contributed by atoms with Gasteiger partial charge in [0.05, 0.1) is 5.69 Å². The van der Waals surface area contributed by atoms with E-state index in [1.165, 1.54) is 10.7 Å². The van der Waals surface area contributed by atoms with Crippen LogP contribution in [0.25, 0.3) is 0 Å². The minimum Gasteiger partial charge on any atom is -0.307 e. The van der Waals surface area contributed by atoms with Gasteiger partial charge in [0.15, 0.2) is 0 Å². The molecule has 0 radical (unpaired) electrons. The molecule has 1 aromatic heterocycles. The Hall–Kier alpha value is -0.410. The lowest BCUT2D eigenvalue weighted by Gasteiger charge is -2.14. The smallest absolute Gasteiger partial charge is 0.107 e. The molecule has 1 fully saturated rings. The molecule has 2 nitrogen and oxygen atoms in total. The molecule has 1 heterocycles. The van der Waals surface area contributed by atoms with Crippen LogP contribution in [0, 0.1) is 10.8 Å². The van der Waals surface area contributed by atoms with Crippen molar-refractivity contribution < 1.29 is 0 Å². The summed E-state index contributed by atoms with van der Waals surface area (Å²) in [6.07, 6.45) is 0. The van der Waals surface area contributed by atoms with Crippen LogP contribution in [0.3, 0.4) is 0 Å². The number of nitrogens with zero attached hydrogens (tertiary/aromatic N) is 1. The summed E-state index contributed by atoms with van der Waals surface area (Å²) >= 11 is 1.77. The Morgan fingerprint density at radius 2 is 1.78 bits per heavy atom. The van der Waals surface area contributed by atoms with E-state index in [1.54, 1.807) is 11.3 Å². The van der Waals surface area contributed by atoms with Crippen LogP contribution < -0.4 is 5.32 Å². The van der Waals surface area contributed by atoms with Crippen LogP contribution >= 0.6 is 11.3 Å². The van der Waals surface area contributed by atoms with Gasteiger partial charge < -0.3 is 5.32 Å². The van der Waals surface area contributed by atoms with Crippen molar-refractivity contribution in [1.29, 1.82) is 0 Å². The first-order chi connectivity index (χ1) is 8.07. The summed E-state index contributed by atoms with van der Waals surface area (Å²) in [6, 6.07) is 0.604. The van der Waals surface area contributed by atoms with E-state index >= 15 is 0 Å². The van der Waals surface area contributed by atoms with Crippen LogP contribution in [-0.4, -0.2) is 11.0 Å².